The fourth-order valence-corrected chi connectivity index (χ4v) is 6.89. The molecule has 308 valence electrons. The maximum absolute atomic E-state index is 13.0. The van der Waals surface area contributed by atoms with Crippen molar-refractivity contribution < 1.29 is 19.1 Å². The van der Waals surface area contributed by atoms with E-state index in [1.807, 2.05) is 106 Å². The molecule has 0 heterocycles. The van der Waals surface area contributed by atoms with E-state index in [0.717, 1.165) is 45.3 Å². The molecule has 0 aliphatic carbocycles. The van der Waals surface area contributed by atoms with Gasteiger partial charge in [-0.3, -0.25) is 10.6 Å². The molecule has 0 saturated carbocycles. The quantitative estimate of drug-likeness (QED) is 0.135. The van der Waals surface area contributed by atoms with Crippen molar-refractivity contribution in [2.24, 2.45) is 0 Å². The van der Waals surface area contributed by atoms with E-state index < -0.39 is 17.8 Å². The van der Waals surface area contributed by atoms with Crippen LogP contribution < -0.4 is 25.2 Å². The molecule has 2 amide bonds. The molecule has 8 nitrogen and oxygen atoms in total. The van der Waals surface area contributed by atoms with E-state index in [0.29, 0.717) is 23.5 Å². The minimum Gasteiger partial charge on any atom is -0.444 e. The molecule has 0 spiro atoms. The predicted molar refractivity (Wildman–Crippen MR) is 250 cm³/mol. The third kappa shape index (κ3) is 11.2. The molecule has 0 aliphatic rings. The molecular formula is C53H52N4O4. The molecule has 2 N–H and O–H groups in total. The summed E-state index contributed by atoms with van der Waals surface area (Å²) in [5.41, 5.74) is 10.3. The Labute approximate surface area is 359 Å². The second-order valence-corrected chi connectivity index (χ2v) is 16.9. The lowest BCUT2D eigenvalue weighted by atomic mass is 9.87. The summed E-state index contributed by atoms with van der Waals surface area (Å²) in [4.78, 5) is 29.5. The van der Waals surface area contributed by atoms with E-state index in [2.05, 4.69) is 126 Å². The Bertz CT molecular complexity index is 2510. The Morgan fingerprint density at radius 3 is 1.20 bits per heavy atom. The van der Waals surface area contributed by atoms with E-state index in [4.69, 9.17) is 9.47 Å². The number of hydrogen-bond acceptors (Lipinski definition) is 6. The molecule has 0 atom stereocenters. The summed E-state index contributed by atoms with van der Waals surface area (Å²) in [7, 11) is 0. The predicted octanol–water partition coefficient (Wildman–Crippen LogP) is 14.5. The van der Waals surface area contributed by atoms with Crippen LogP contribution in [0.2, 0.25) is 0 Å². The number of amides is 2. The largest absolute Gasteiger partial charge is 0.444 e. The summed E-state index contributed by atoms with van der Waals surface area (Å²) in [6.45, 7) is 12.2. The Kier molecular flexibility index (Phi) is 12.5. The van der Waals surface area contributed by atoms with Crippen molar-refractivity contribution in [3.63, 3.8) is 0 Å². The van der Waals surface area contributed by atoms with Crippen molar-refractivity contribution in [3.8, 4) is 5.75 Å². The van der Waals surface area contributed by atoms with Crippen LogP contribution >= 0.6 is 0 Å². The van der Waals surface area contributed by atoms with Crippen molar-refractivity contribution in [3.05, 3.63) is 199 Å². The monoisotopic (exact) mass is 808 g/mol. The van der Waals surface area contributed by atoms with Crippen molar-refractivity contribution in [1.82, 2.24) is 0 Å². The van der Waals surface area contributed by atoms with Gasteiger partial charge in [-0.15, -0.1) is 0 Å². The van der Waals surface area contributed by atoms with Crippen LogP contribution in [-0.4, -0.2) is 17.8 Å². The molecule has 0 unspecified atom stereocenters. The number of nitrogens with one attached hydrogen (secondary N) is 2. The standard InChI is InChI=1S/C53H52N4O4/c1-52(2,3)40-21-27-45(28-22-40)56(43-13-9-7-10-14-43)46-29-31-47(32-30-46)57(44-15-11-8-12-16-44)48-33-35-49(36-34-48)60-50(58)54-41-23-17-38(18-24-41)37-39-19-25-42(26-20-39)55-51(59)61-53(4,5)6/h7-36H,37H2,1-6H3,(H,54,58)(H,55,59). The Morgan fingerprint density at radius 2 is 0.803 bits per heavy atom. The number of carbonyl (C=O) groups excluding carboxylic acids is 2. The first kappa shape index (κ1) is 41.8. The average Bonchev–Trinajstić information content (AvgIpc) is 3.24. The maximum atomic E-state index is 13.0. The lowest BCUT2D eigenvalue weighted by molar-refractivity contribution is 0.0636. The van der Waals surface area contributed by atoms with Crippen molar-refractivity contribution in [1.29, 1.82) is 0 Å². The number of hydrogen-bond donors (Lipinski definition) is 2. The zero-order valence-corrected chi connectivity index (χ0v) is 35.6. The highest BCUT2D eigenvalue weighted by molar-refractivity contribution is 5.87. The Morgan fingerprint density at radius 1 is 0.443 bits per heavy atom. The molecule has 0 aromatic heterocycles. The van der Waals surface area contributed by atoms with E-state index in [-0.39, 0.29) is 5.41 Å². The summed E-state index contributed by atoms with van der Waals surface area (Å²) in [6.07, 6.45) is -0.386. The fraction of sp³-hybridized carbons (Fsp3) is 0.170. The molecule has 7 aromatic rings. The van der Waals surface area contributed by atoms with Gasteiger partial charge in [-0.05, 0) is 158 Å². The molecular weight excluding hydrogens is 757 g/mol. The van der Waals surface area contributed by atoms with Gasteiger partial charge >= 0.3 is 12.2 Å². The molecule has 0 aliphatic heterocycles. The number of para-hydroxylation sites is 2. The summed E-state index contributed by atoms with van der Waals surface area (Å²) in [5, 5.41) is 5.59. The van der Waals surface area contributed by atoms with Crippen LogP contribution in [0, 0.1) is 0 Å². The van der Waals surface area contributed by atoms with Gasteiger partial charge < -0.3 is 19.3 Å². The average molecular weight is 809 g/mol. The zero-order valence-electron chi connectivity index (χ0n) is 35.6. The number of anilines is 8. The van der Waals surface area contributed by atoms with E-state index in [1.165, 1.54) is 5.56 Å². The SMILES string of the molecule is CC(C)(C)OC(=O)Nc1ccc(Cc2ccc(NC(=O)Oc3ccc(N(c4ccccc4)c4ccc(N(c5ccccc5)c5ccc(C(C)(C)C)cc5)cc4)cc3)cc2)cc1. The maximum Gasteiger partial charge on any atom is 0.417 e. The van der Waals surface area contributed by atoms with Gasteiger partial charge in [0.1, 0.15) is 11.4 Å². The summed E-state index contributed by atoms with van der Waals surface area (Å²) in [6, 6.07) is 60.7. The third-order valence-corrected chi connectivity index (χ3v) is 9.90. The first-order valence-electron chi connectivity index (χ1n) is 20.5. The summed E-state index contributed by atoms with van der Waals surface area (Å²) >= 11 is 0. The molecule has 0 fully saturated rings. The highest BCUT2D eigenvalue weighted by Gasteiger charge is 2.19. The number of benzene rings is 7. The molecule has 8 heteroatoms. The van der Waals surface area contributed by atoms with Crippen LogP contribution in [-0.2, 0) is 16.6 Å². The van der Waals surface area contributed by atoms with Gasteiger partial charge in [-0.2, -0.15) is 0 Å². The summed E-state index contributed by atoms with van der Waals surface area (Å²) in [5.74, 6) is 0.418. The normalized spacial score (nSPS) is 11.3. The topological polar surface area (TPSA) is 83.1 Å². The molecule has 0 saturated heterocycles. The highest BCUT2D eigenvalue weighted by atomic mass is 16.6. The summed E-state index contributed by atoms with van der Waals surface area (Å²) < 4.78 is 11.0. The minimum absolute atomic E-state index is 0.0620. The number of carbonyl (C=O) groups is 2. The lowest BCUT2D eigenvalue weighted by Crippen LogP contribution is -2.27. The van der Waals surface area contributed by atoms with Crippen molar-refractivity contribution in [2.75, 3.05) is 20.4 Å². The van der Waals surface area contributed by atoms with Gasteiger partial charge in [0.25, 0.3) is 0 Å². The van der Waals surface area contributed by atoms with Crippen LogP contribution in [0.5, 0.6) is 5.75 Å². The van der Waals surface area contributed by atoms with Crippen molar-refractivity contribution >= 4 is 57.7 Å². The molecule has 0 radical (unpaired) electrons. The van der Waals surface area contributed by atoms with Crippen LogP contribution in [0.15, 0.2) is 182 Å². The second kappa shape index (κ2) is 18.3. The highest BCUT2D eigenvalue weighted by Crippen LogP contribution is 2.40. The second-order valence-electron chi connectivity index (χ2n) is 16.9. The van der Waals surface area contributed by atoms with E-state index in [9.17, 15) is 9.59 Å². The number of rotatable bonds is 11. The van der Waals surface area contributed by atoms with Gasteiger partial charge in [-0.1, -0.05) is 93.6 Å². The molecule has 0 bridgehead atoms. The van der Waals surface area contributed by atoms with Crippen LogP contribution in [0.1, 0.15) is 58.2 Å². The third-order valence-electron chi connectivity index (χ3n) is 9.90. The molecule has 7 rings (SSSR count). The van der Waals surface area contributed by atoms with Crippen LogP contribution in [0.4, 0.5) is 55.1 Å². The fourth-order valence-electron chi connectivity index (χ4n) is 6.89. The number of nitrogens with zero attached hydrogens (tertiary/aromatic N) is 2. The van der Waals surface area contributed by atoms with Gasteiger partial charge in [0, 0.05) is 45.5 Å². The van der Waals surface area contributed by atoms with E-state index >= 15 is 0 Å². The van der Waals surface area contributed by atoms with Crippen molar-refractivity contribution in [2.45, 2.75) is 59.0 Å². The van der Waals surface area contributed by atoms with Gasteiger partial charge in [0.2, 0.25) is 0 Å². The molecule has 7 aromatic carbocycles. The number of ether oxygens (including phenoxy) is 2. The Hall–Kier alpha value is -7.32. The van der Waals surface area contributed by atoms with Crippen LogP contribution in [0.25, 0.3) is 0 Å². The first-order valence-corrected chi connectivity index (χ1v) is 20.5. The smallest absolute Gasteiger partial charge is 0.417 e. The first-order chi connectivity index (χ1) is 29.3. The van der Waals surface area contributed by atoms with Gasteiger partial charge in [-0.25, -0.2) is 9.59 Å². The minimum atomic E-state index is -0.583. The molecule has 61 heavy (non-hydrogen) atoms. The van der Waals surface area contributed by atoms with Crippen LogP contribution in [0.3, 0.4) is 0 Å². The van der Waals surface area contributed by atoms with E-state index in [1.54, 1.807) is 12.1 Å². The van der Waals surface area contributed by atoms with Gasteiger partial charge in [0.05, 0.1) is 0 Å². The van der Waals surface area contributed by atoms with Gasteiger partial charge in [0.15, 0.2) is 0 Å². The lowest BCUT2D eigenvalue weighted by Gasteiger charge is -2.29. The zero-order chi connectivity index (χ0) is 43.0. The Balaban J connectivity index is 1.01.